The Morgan fingerprint density at radius 2 is 2.21 bits per heavy atom. The van der Waals surface area contributed by atoms with Crippen LogP contribution >= 0.6 is 0 Å². The van der Waals surface area contributed by atoms with E-state index in [4.69, 9.17) is 4.74 Å². The number of hydrogen-bond acceptors (Lipinski definition) is 4. The molecule has 0 saturated carbocycles. The van der Waals surface area contributed by atoms with Gasteiger partial charge in [0.2, 0.25) is 5.88 Å². The van der Waals surface area contributed by atoms with E-state index in [1.165, 1.54) is 6.33 Å². The van der Waals surface area contributed by atoms with Crippen molar-refractivity contribution in [1.29, 1.82) is 0 Å². The van der Waals surface area contributed by atoms with E-state index >= 15 is 0 Å². The van der Waals surface area contributed by atoms with Crippen molar-refractivity contribution < 1.29 is 9.53 Å². The van der Waals surface area contributed by atoms with Crippen LogP contribution in [-0.2, 0) is 13.1 Å². The first kappa shape index (κ1) is 14.5. The molecule has 7 heteroatoms. The predicted molar refractivity (Wildman–Crippen MR) is 86.4 cm³/mol. The first-order valence-electron chi connectivity index (χ1n) is 7.79. The Kier molecular flexibility index (Phi) is 3.74. The molecule has 0 spiro atoms. The third-order valence-corrected chi connectivity index (χ3v) is 4.04. The van der Waals surface area contributed by atoms with Gasteiger partial charge in [-0.1, -0.05) is 6.07 Å². The summed E-state index contributed by atoms with van der Waals surface area (Å²) in [7, 11) is 0. The molecule has 3 aromatic heterocycles. The van der Waals surface area contributed by atoms with Gasteiger partial charge in [0.1, 0.15) is 11.8 Å². The lowest BCUT2D eigenvalue weighted by Gasteiger charge is -2.24. The third kappa shape index (κ3) is 2.88. The molecular formula is C17H17N5O2. The molecule has 1 aliphatic rings. The Hall–Kier alpha value is -3.09. The molecule has 0 saturated heterocycles. The van der Waals surface area contributed by atoms with Gasteiger partial charge >= 0.3 is 0 Å². The maximum atomic E-state index is 12.7. The van der Waals surface area contributed by atoms with Crippen molar-refractivity contribution in [3.05, 3.63) is 66.6 Å². The fourth-order valence-electron chi connectivity index (χ4n) is 2.91. The van der Waals surface area contributed by atoms with Crippen LogP contribution in [0.25, 0.3) is 0 Å². The molecule has 1 N–H and O–H groups in total. The molecule has 0 radical (unpaired) electrons. The maximum Gasteiger partial charge on any atom is 0.272 e. The van der Waals surface area contributed by atoms with Gasteiger partial charge in [0.05, 0.1) is 32.2 Å². The number of amides is 1. The molecule has 0 bridgehead atoms. The Balaban J connectivity index is 1.60. The molecule has 4 rings (SSSR count). The summed E-state index contributed by atoms with van der Waals surface area (Å²) in [6.45, 7) is 1.69. The fourth-order valence-corrected chi connectivity index (χ4v) is 2.91. The van der Waals surface area contributed by atoms with E-state index in [0.29, 0.717) is 31.2 Å². The second-order valence-corrected chi connectivity index (χ2v) is 5.71. The molecule has 1 atom stereocenters. The van der Waals surface area contributed by atoms with Crippen LogP contribution in [0.15, 0.2) is 55.2 Å². The molecule has 0 aromatic carbocycles. The second-order valence-electron chi connectivity index (χ2n) is 5.71. The number of H-pyrrole nitrogens is 1. The summed E-state index contributed by atoms with van der Waals surface area (Å²) in [6.07, 6.45) is 6.58. The fraction of sp³-hybridized carbons (Fsp3) is 0.235. The van der Waals surface area contributed by atoms with Gasteiger partial charge in [-0.2, -0.15) is 0 Å². The summed E-state index contributed by atoms with van der Waals surface area (Å²) in [5, 5.41) is 0. The van der Waals surface area contributed by atoms with Crippen LogP contribution in [0.2, 0.25) is 0 Å². The molecule has 7 nitrogen and oxygen atoms in total. The number of imidazole rings is 1. The van der Waals surface area contributed by atoms with Gasteiger partial charge in [0.25, 0.3) is 5.91 Å². The first-order valence-corrected chi connectivity index (χ1v) is 7.79. The number of aromatic amines is 1. The van der Waals surface area contributed by atoms with E-state index < -0.39 is 0 Å². The van der Waals surface area contributed by atoms with Crippen LogP contribution < -0.4 is 4.74 Å². The minimum absolute atomic E-state index is 0.0863. The summed E-state index contributed by atoms with van der Waals surface area (Å²) < 4.78 is 8.13. The van der Waals surface area contributed by atoms with Gasteiger partial charge in [-0.05, 0) is 18.2 Å². The lowest BCUT2D eigenvalue weighted by Crippen LogP contribution is -2.38. The first-order chi connectivity index (χ1) is 11.8. The third-order valence-electron chi connectivity index (χ3n) is 4.04. The SMILES string of the molecule is O=C(c1cnc[nH]1)N1Cc2cccn2C[C@H](Oc2ccccn2)C1. The van der Waals surface area contributed by atoms with Gasteiger partial charge in [-0.3, -0.25) is 4.79 Å². The average molecular weight is 323 g/mol. The largest absolute Gasteiger partial charge is 0.471 e. The molecule has 0 fully saturated rings. The van der Waals surface area contributed by atoms with Gasteiger partial charge in [0.15, 0.2) is 0 Å². The summed E-state index contributed by atoms with van der Waals surface area (Å²) in [4.78, 5) is 25.5. The van der Waals surface area contributed by atoms with Crippen molar-refractivity contribution in [3.8, 4) is 5.88 Å². The van der Waals surface area contributed by atoms with Gasteiger partial charge in [0, 0.05) is 24.2 Å². The number of pyridine rings is 1. The zero-order valence-electron chi connectivity index (χ0n) is 13.0. The summed E-state index contributed by atoms with van der Waals surface area (Å²) in [5.74, 6) is 0.476. The number of hydrogen-bond donors (Lipinski definition) is 1. The van der Waals surface area contributed by atoms with Crippen LogP contribution in [-0.4, -0.2) is 43.0 Å². The Labute approximate surface area is 138 Å². The highest BCUT2D eigenvalue weighted by molar-refractivity contribution is 5.92. The summed E-state index contributed by atoms with van der Waals surface area (Å²) in [6, 6.07) is 9.56. The number of carbonyl (C=O) groups is 1. The van der Waals surface area contributed by atoms with Crippen LogP contribution in [0, 0.1) is 0 Å². The molecule has 3 aromatic rings. The van der Waals surface area contributed by atoms with Gasteiger partial charge in [-0.15, -0.1) is 0 Å². The molecule has 4 heterocycles. The molecule has 24 heavy (non-hydrogen) atoms. The highest BCUT2D eigenvalue weighted by atomic mass is 16.5. The standard InChI is InChI=1S/C17H17N5O2/c23-17(15-8-18-12-20-15)22-9-13-4-3-7-21(13)10-14(11-22)24-16-5-1-2-6-19-16/h1-8,12,14H,9-11H2,(H,18,20)/t14-/m0/s1. The van der Waals surface area contributed by atoms with Crippen molar-refractivity contribution in [2.24, 2.45) is 0 Å². The van der Waals surface area contributed by atoms with Crippen molar-refractivity contribution >= 4 is 5.91 Å². The molecule has 0 aliphatic carbocycles. The Morgan fingerprint density at radius 3 is 3.00 bits per heavy atom. The van der Waals surface area contributed by atoms with E-state index in [9.17, 15) is 4.79 Å². The average Bonchev–Trinajstić information content (AvgIpc) is 3.24. The highest BCUT2D eigenvalue weighted by Gasteiger charge is 2.27. The zero-order valence-corrected chi connectivity index (χ0v) is 13.0. The van der Waals surface area contributed by atoms with Crippen molar-refractivity contribution in [1.82, 2.24) is 24.4 Å². The number of carbonyl (C=O) groups excluding carboxylic acids is 1. The predicted octanol–water partition coefficient (Wildman–Crippen LogP) is 1.71. The summed E-state index contributed by atoms with van der Waals surface area (Å²) in [5.41, 5.74) is 1.56. The van der Waals surface area contributed by atoms with E-state index in [2.05, 4.69) is 19.5 Å². The molecule has 122 valence electrons. The van der Waals surface area contributed by atoms with Gasteiger partial charge < -0.3 is 19.2 Å². The van der Waals surface area contributed by atoms with Gasteiger partial charge in [-0.25, -0.2) is 9.97 Å². The smallest absolute Gasteiger partial charge is 0.272 e. The van der Waals surface area contributed by atoms with Crippen LogP contribution in [0.5, 0.6) is 5.88 Å². The number of ether oxygens (including phenoxy) is 1. The zero-order chi connectivity index (χ0) is 16.4. The van der Waals surface area contributed by atoms with E-state index in [0.717, 1.165) is 5.69 Å². The summed E-state index contributed by atoms with van der Waals surface area (Å²) >= 11 is 0. The van der Waals surface area contributed by atoms with Crippen LogP contribution in [0.4, 0.5) is 0 Å². The second kappa shape index (κ2) is 6.19. The van der Waals surface area contributed by atoms with E-state index in [-0.39, 0.29) is 12.0 Å². The number of nitrogens with zero attached hydrogens (tertiary/aromatic N) is 4. The Morgan fingerprint density at radius 1 is 1.25 bits per heavy atom. The molecular weight excluding hydrogens is 306 g/mol. The minimum Gasteiger partial charge on any atom is -0.471 e. The topological polar surface area (TPSA) is 76.0 Å². The van der Waals surface area contributed by atoms with E-state index in [1.54, 1.807) is 17.3 Å². The van der Waals surface area contributed by atoms with Crippen molar-refractivity contribution in [3.63, 3.8) is 0 Å². The van der Waals surface area contributed by atoms with E-state index in [1.807, 2.05) is 36.5 Å². The number of nitrogens with one attached hydrogen (secondary N) is 1. The maximum absolute atomic E-state index is 12.7. The number of rotatable bonds is 3. The monoisotopic (exact) mass is 323 g/mol. The number of aromatic nitrogens is 4. The van der Waals surface area contributed by atoms with Crippen LogP contribution in [0.3, 0.4) is 0 Å². The molecule has 1 amide bonds. The quantitative estimate of drug-likeness (QED) is 0.796. The molecule has 0 unspecified atom stereocenters. The Bertz CT molecular complexity index is 813. The lowest BCUT2D eigenvalue weighted by atomic mass is 10.3. The minimum atomic E-state index is -0.180. The normalized spacial score (nSPS) is 17.2. The lowest BCUT2D eigenvalue weighted by molar-refractivity contribution is 0.0641. The highest BCUT2D eigenvalue weighted by Crippen LogP contribution is 2.18. The van der Waals surface area contributed by atoms with Crippen LogP contribution in [0.1, 0.15) is 16.2 Å². The number of fused-ring (bicyclic) bond motifs is 1. The van der Waals surface area contributed by atoms with Crippen molar-refractivity contribution in [2.45, 2.75) is 19.2 Å². The molecule has 1 aliphatic heterocycles. The van der Waals surface area contributed by atoms with Crippen molar-refractivity contribution in [2.75, 3.05) is 6.54 Å².